The van der Waals surface area contributed by atoms with E-state index in [1.54, 1.807) is 0 Å². The van der Waals surface area contributed by atoms with E-state index in [9.17, 15) is 17.2 Å². The minimum absolute atomic E-state index is 0.0902. The van der Waals surface area contributed by atoms with Gasteiger partial charge in [-0.15, -0.1) is 0 Å². The van der Waals surface area contributed by atoms with E-state index < -0.39 is 26.6 Å². The fourth-order valence-corrected chi connectivity index (χ4v) is 4.12. The molecule has 1 aromatic carbocycles. The van der Waals surface area contributed by atoms with E-state index in [0.29, 0.717) is 18.9 Å². The maximum atomic E-state index is 13.6. The largest absolute Gasteiger partial charge is 0.328 e. The lowest BCUT2D eigenvalue weighted by Gasteiger charge is -2.26. The number of hydrogen-bond donors (Lipinski definition) is 2. The van der Waals surface area contributed by atoms with E-state index in [-0.39, 0.29) is 16.6 Å². The van der Waals surface area contributed by atoms with Crippen molar-refractivity contribution in [2.75, 3.05) is 0 Å². The second-order valence-electron chi connectivity index (χ2n) is 4.93. The van der Waals surface area contributed by atoms with Crippen LogP contribution in [-0.2, 0) is 10.0 Å². The average Bonchev–Trinajstić information content (AvgIpc) is 2.36. The lowest BCUT2D eigenvalue weighted by molar-refractivity contribution is 0.373. The Bertz CT molecular complexity index is 602. The van der Waals surface area contributed by atoms with Crippen molar-refractivity contribution in [3.63, 3.8) is 0 Å². The van der Waals surface area contributed by atoms with Crippen molar-refractivity contribution in [1.82, 2.24) is 4.72 Å². The highest BCUT2D eigenvalue weighted by Crippen LogP contribution is 2.25. The van der Waals surface area contributed by atoms with Crippen LogP contribution in [0.25, 0.3) is 0 Å². The summed E-state index contributed by atoms with van der Waals surface area (Å²) in [5, 5.41) is 0. The number of benzene rings is 1. The second kappa shape index (κ2) is 6.05. The molecule has 1 aliphatic carbocycles. The van der Waals surface area contributed by atoms with Crippen LogP contribution in [0.2, 0.25) is 0 Å². The maximum Gasteiger partial charge on any atom is 0.243 e. The molecule has 0 atom stereocenters. The summed E-state index contributed by atoms with van der Waals surface area (Å²) in [6.07, 6.45) is 2.68. The van der Waals surface area contributed by atoms with Gasteiger partial charge in [0.25, 0.3) is 0 Å². The van der Waals surface area contributed by atoms with Gasteiger partial charge in [0, 0.05) is 18.2 Å². The molecule has 0 amide bonds. The van der Waals surface area contributed by atoms with Gasteiger partial charge in [0.1, 0.15) is 16.5 Å². The van der Waals surface area contributed by atoms with Crippen molar-refractivity contribution in [1.29, 1.82) is 0 Å². The number of rotatable bonds is 3. The van der Waals surface area contributed by atoms with Gasteiger partial charge in [-0.05, 0) is 47.7 Å². The molecule has 0 spiro atoms. The predicted molar refractivity (Wildman–Crippen MR) is 74.6 cm³/mol. The topological polar surface area (TPSA) is 72.2 Å². The van der Waals surface area contributed by atoms with Crippen LogP contribution in [0.3, 0.4) is 0 Å². The Morgan fingerprint density at radius 3 is 2.35 bits per heavy atom. The highest BCUT2D eigenvalue weighted by atomic mass is 79.9. The zero-order valence-electron chi connectivity index (χ0n) is 10.6. The van der Waals surface area contributed by atoms with E-state index in [1.165, 1.54) is 0 Å². The number of halogens is 3. The lowest BCUT2D eigenvalue weighted by atomic mass is 9.93. The first-order chi connectivity index (χ1) is 9.29. The van der Waals surface area contributed by atoms with Crippen LogP contribution in [0.15, 0.2) is 21.5 Å². The first kappa shape index (κ1) is 15.8. The number of sulfonamides is 1. The van der Waals surface area contributed by atoms with Crippen molar-refractivity contribution < 1.29 is 17.2 Å². The van der Waals surface area contributed by atoms with Gasteiger partial charge in [0.2, 0.25) is 10.0 Å². The molecule has 0 saturated heterocycles. The molecule has 1 fully saturated rings. The Balaban J connectivity index is 2.20. The molecular formula is C12H15BrF2N2O2S. The van der Waals surface area contributed by atoms with Crippen molar-refractivity contribution in [2.45, 2.75) is 42.7 Å². The smallest absolute Gasteiger partial charge is 0.243 e. The first-order valence-corrected chi connectivity index (χ1v) is 8.49. The Morgan fingerprint density at radius 2 is 1.75 bits per heavy atom. The van der Waals surface area contributed by atoms with Crippen LogP contribution in [0.5, 0.6) is 0 Å². The highest BCUT2D eigenvalue weighted by molar-refractivity contribution is 9.10. The van der Waals surface area contributed by atoms with E-state index in [1.807, 2.05) is 0 Å². The summed E-state index contributed by atoms with van der Waals surface area (Å²) in [5.74, 6) is -1.95. The number of nitrogens with two attached hydrogens (primary N) is 1. The zero-order chi connectivity index (χ0) is 14.9. The molecule has 4 nitrogen and oxygen atoms in total. The van der Waals surface area contributed by atoms with Gasteiger partial charge < -0.3 is 5.73 Å². The molecule has 1 saturated carbocycles. The minimum atomic E-state index is -4.01. The molecule has 8 heteroatoms. The summed E-state index contributed by atoms with van der Waals surface area (Å²) >= 11 is 2.86. The normalized spacial score (nSPS) is 23.8. The predicted octanol–water partition coefficient (Wildman–Crippen LogP) is 2.28. The lowest BCUT2D eigenvalue weighted by Crippen LogP contribution is -2.40. The van der Waals surface area contributed by atoms with E-state index in [4.69, 9.17) is 5.73 Å². The monoisotopic (exact) mass is 368 g/mol. The van der Waals surface area contributed by atoms with Crippen molar-refractivity contribution >= 4 is 26.0 Å². The molecule has 3 N–H and O–H groups in total. The molecule has 0 heterocycles. The van der Waals surface area contributed by atoms with E-state index >= 15 is 0 Å². The molecule has 0 unspecified atom stereocenters. The summed E-state index contributed by atoms with van der Waals surface area (Å²) in [4.78, 5) is -0.555. The summed E-state index contributed by atoms with van der Waals surface area (Å²) in [7, 11) is -4.01. The van der Waals surface area contributed by atoms with Gasteiger partial charge in [-0.1, -0.05) is 0 Å². The summed E-state index contributed by atoms with van der Waals surface area (Å²) in [6.45, 7) is 0. The molecule has 2 rings (SSSR count). The Labute approximate surface area is 124 Å². The van der Waals surface area contributed by atoms with Gasteiger partial charge in [-0.25, -0.2) is 21.9 Å². The van der Waals surface area contributed by atoms with Crippen LogP contribution in [0.1, 0.15) is 25.7 Å². The standard InChI is InChI=1S/C12H15BrF2N2O2S/c13-9-5-12(11(15)6-10(9)14)20(18,19)17-8-3-1-7(16)2-4-8/h5-8,17H,1-4,16H2. The molecule has 1 aliphatic rings. The Morgan fingerprint density at radius 1 is 1.15 bits per heavy atom. The van der Waals surface area contributed by atoms with Gasteiger partial charge in [-0.2, -0.15) is 0 Å². The first-order valence-electron chi connectivity index (χ1n) is 6.22. The summed E-state index contributed by atoms with van der Waals surface area (Å²) in [6, 6.07) is 1.31. The number of nitrogens with one attached hydrogen (secondary N) is 1. The third-order valence-corrected chi connectivity index (χ3v) is 5.50. The van der Waals surface area contributed by atoms with Crippen LogP contribution in [0, 0.1) is 11.6 Å². The minimum Gasteiger partial charge on any atom is -0.328 e. The number of hydrogen-bond acceptors (Lipinski definition) is 3. The Hall–Kier alpha value is -0.570. The van der Waals surface area contributed by atoms with Crippen LogP contribution < -0.4 is 10.5 Å². The molecule has 0 aromatic heterocycles. The molecular weight excluding hydrogens is 354 g/mol. The van der Waals surface area contributed by atoms with E-state index in [2.05, 4.69) is 20.7 Å². The Kier molecular flexibility index (Phi) is 4.78. The average molecular weight is 369 g/mol. The van der Waals surface area contributed by atoms with Gasteiger partial charge in [-0.3, -0.25) is 0 Å². The quantitative estimate of drug-likeness (QED) is 0.803. The fourth-order valence-electron chi connectivity index (χ4n) is 2.23. The van der Waals surface area contributed by atoms with E-state index in [0.717, 1.165) is 18.9 Å². The van der Waals surface area contributed by atoms with Gasteiger partial charge in [0.05, 0.1) is 4.47 Å². The molecule has 112 valence electrons. The second-order valence-corrected chi connectivity index (χ2v) is 7.47. The molecule has 0 radical (unpaired) electrons. The molecule has 0 aliphatic heterocycles. The molecule has 0 bridgehead atoms. The SMILES string of the molecule is NC1CCC(NS(=O)(=O)c2cc(Br)c(F)cc2F)CC1. The zero-order valence-corrected chi connectivity index (χ0v) is 13.0. The van der Waals surface area contributed by atoms with Crippen LogP contribution >= 0.6 is 15.9 Å². The molecule has 20 heavy (non-hydrogen) atoms. The fraction of sp³-hybridized carbons (Fsp3) is 0.500. The highest BCUT2D eigenvalue weighted by Gasteiger charge is 2.27. The maximum absolute atomic E-state index is 13.6. The molecule has 1 aromatic rings. The van der Waals surface area contributed by atoms with Crippen LogP contribution in [0.4, 0.5) is 8.78 Å². The van der Waals surface area contributed by atoms with Crippen LogP contribution in [-0.4, -0.2) is 20.5 Å². The van der Waals surface area contributed by atoms with Crippen molar-refractivity contribution in [3.05, 3.63) is 28.2 Å². The third kappa shape index (κ3) is 3.55. The van der Waals surface area contributed by atoms with Gasteiger partial charge >= 0.3 is 0 Å². The third-order valence-electron chi connectivity index (χ3n) is 3.36. The summed E-state index contributed by atoms with van der Waals surface area (Å²) in [5.41, 5.74) is 5.75. The van der Waals surface area contributed by atoms with Crippen molar-refractivity contribution in [3.8, 4) is 0 Å². The van der Waals surface area contributed by atoms with Crippen molar-refractivity contribution in [2.24, 2.45) is 5.73 Å². The van der Waals surface area contributed by atoms with Gasteiger partial charge in [0.15, 0.2) is 0 Å². The summed E-state index contributed by atoms with van der Waals surface area (Å²) < 4.78 is 53.4.